The maximum atomic E-state index is 9.84. The Morgan fingerprint density at radius 2 is 1.50 bits per heavy atom. The molecule has 0 aromatic carbocycles. The molecular weight excluding hydrogens is 148 g/mol. The van der Waals surface area contributed by atoms with Crippen LogP contribution in [0.5, 0.6) is 0 Å². The molecule has 0 fully saturated rings. The highest BCUT2D eigenvalue weighted by Gasteiger charge is 1.97. The fraction of sp³-hybridized carbons (Fsp3) is 0. The molecule has 7 heteroatoms. The molecule has 0 rings (SSSR count). The molecule has 0 heterocycles. The van der Waals surface area contributed by atoms with Crippen molar-refractivity contribution in [2.75, 3.05) is 0 Å². The van der Waals surface area contributed by atoms with E-state index in [1.807, 2.05) is 0 Å². The van der Waals surface area contributed by atoms with E-state index in [9.17, 15) is 13.7 Å². The minimum Gasteiger partial charge on any atom is -0.429 e. The molecule has 0 N–H and O–H groups in total. The highest BCUT2D eigenvalue weighted by atomic mass is 28.2. The molecule has 0 aliphatic carbocycles. The van der Waals surface area contributed by atoms with Gasteiger partial charge in [0.2, 0.25) is 0 Å². The molecule has 0 aromatic rings. The van der Waals surface area contributed by atoms with Crippen LogP contribution in [-0.2, 0) is 17.8 Å². The molecular formula is CH2O5Si2. The van der Waals surface area contributed by atoms with Gasteiger partial charge in [-0.15, -0.1) is 0 Å². The summed E-state index contributed by atoms with van der Waals surface area (Å²) in [6, 6.07) is 0. The molecule has 5 nitrogen and oxygen atoms in total. The standard InChI is InChI=1S/CH2O5Si2/c2-1(5-7-3)6-8-4/h7-8H. The Balaban J connectivity index is 3.32. The summed E-state index contributed by atoms with van der Waals surface area (Å²) in [5.41, 5.74) is 0. The van der Waals surface area contributed by atoms with Crippen LogP contribution in [0, 0.1) is 0 Å². The van der Waals surface area contributed by atoms with E-state index in [4.69, 9.17) is 0 Å². The molecule has 0 aromatic heterocycles. The third-order valence-corrected chi connectivity index (χ3v) is 0.866. The van der Waals surface area contributed by atoms with Gasteiger partial charge in [-0.05, 0) is 0 Å². The van der Waals surface area contributed by atoms with Crippen molar-refractivity contribution in [1.82, 2.24) is 0 Å². The molecule has 8 heavy (non-hydrogen) atoms. The second kappa shape index (κ2) is 4.46. The van der Waals surface area contributed by atoms with E-state index in [1.165, 1.54) is 0 Å². The summed E-state index contributed by atoms with van der Waals surface area (Å²) in [7, 11) is -3.21. The Labute approximate surface area is 49.0 Å². The molecule has 0 spiro atoms. The molecule has 0 unspecified atom stereocenters. The smallest absolute Gasteiger partial charge is 0.429 e. The van der Waals surface area contributed by atoms with Crippen molar-refractivity contribution in [1.29, 1.82) is 0 Å². The second-order valence-corrected chi connectivity index (χ2v) is 1.53. The first-order valence-corrected chi connectivity index (χ1v) is 3.44. The van der Waals surface area contributed by atoms with Crippen molar-refractivity contribution in [2.45, 2.75) is 0 Å². The second-order valence-electron chi connectivity index (χ2n) is 0.678. The van der Waals surface area contributed by atoms with Crippen LogP contribution in [-0.4, -0.2) is 25.5 Å². The highest BCUT2D eigenvalue weighted by Crippen LogP contribution is 1.73. The van der Waals surface area contributed by atoms with Gasteiger partial charge in [0.15, 0.2) is 0 Å². The summed E-state index contributed by atoms with van der Waals surface area (Å²) >= 11 is 0. The van der Waals surface area contributed by atoms with Crippen LogP contribution < -0.4 is 0 Å². The van der Waals surface area contributed by atoms with Crippen molar-refractivity contribution in [3.05, 3.63) is 0 Å². The predicted octanol–water partition coefficient (Wildman–Crippen LogP) is -1.47. The van der Waals surface area contributed by atoms with Crippen LogP contribution in [0.4, 0.5) is 4.79 Å². The van der Waals surface area contributed by atoms with Crippen molar-refractivity contribution in [2.24, 2.45) is 0 Å². The Bertz CT molecular complexity index is 97.0. The molecule has 0 atom stereocenters. The summed E-state index contributed by atoms with van der Waals surface area (Å²) in [5, 5.41) is 0. The van der Waals surface area contributed by atoms with E-state index in [-0.39, 0.29) is 0 Å². The third kappa shape index (κ3) is 3.49. The maximum absolute atomic E-state index is 9.84. The number of carbonyl (C=O) groups is 1. The lowest BCUT2D eigenvalue weighted by Crippen LogP contribution is -2.05. The highest BCUT2D eigenvalue weighted by molar-refractivity contribution is 6.16. The van der Waals surface area contributed by atoms with Crippen LogP contribution in [0.1, 0.15) is 0 Å². The molecule has 0 bridgehead atoms. The molecule has 0 radical (unpaired) electrons. The lowest BCUT2D eigenvalue weighted by molar-refractivity contribution is 0.151. The SMILES string of the molecule is O=[SiH]OC(=O)O[SiH]=O. The van der Waals surface area contributed by atoms with Crippen LogP contribution in [0.25, 0.3) is 0 Å². The summed E-state index contributed by atoms with van der Waals surface area (Å²) < 4.78 is 26.5. The fourth-order valence-corrected chi connectivity index (χ4v) is 0.486. The summed E-state index contributed by atoms with van der Waals surface area (Å²) in [6.45, 7) is 0. The van der Waals surface area contributed by atoms with Gasteiger partial charge in [-0.3, -0.25) is 0 Å². The zero-order chi connectivity index (χ0) is 6.41. The monoisotopic (exact) mass is 150 g/mol. The Kier molecular flexibility index (Phi) is 4.07. The average Bonchev–Trinajstić information content (AvgIpc) is 1.68. The van der Waals surface area contributed by atoms with Crippen molar-refractivity contribution >= 4 is 25.5 Å². The van der Waals surface area contributed by atoms with E-state index < -0.39 is 25.5 Å². The molecule has 44 valence electrons. The van der Waals surface area contributed by atoms with Crippen molar-refractivity contribution < 1.29 is 22.6 Å². The molecule has 0 aliphatic rings. The van der Waals surface area contributed by atoms with Crippen molar-refractivity contribution in [3.63, 3.8) is 0 Å². The predicted molar refractivity (Wildman–Crippen MR) is 23.2 cm³/mol. The van der Waals surface area contributed by atoms with E-state index in [0.717, 1.165) is 0 Å². The largest absolute Gasteiger partial charge is 0.496 e. The first-order valence-electron chi connectivity index (χ1n) is 1.56. The van der Waals surface area contributed by atoms with E-state index in [2.05, 4.69) is 8.85 Å². The van der Waals surface area contributed by atoms with E-state index >= 15 is 0 Å². The van der Waals surface area contributed by atoms with Gasteiger partial charge in [0.1, 0.15) is 0 Å². The quantitative estimate of drug-likeness (QED) is 0.450. The van der Waals surface area contributed by atoms with E-state index in [0.29, 0.717) is 0 Å². The Morgan fingerprint density at radius 3 is 1.75 bits per heavy atom. The normalized spacial score (nSPS) is 7.00. The van der Waals surface area contributed by atoms with Gasteiger partial charge in [-0.25, -0.2) is 4.79 Å². The summed E-state index contributed by atoms with van der Waals surface area (Å²) in [5.74, 6) is 0. The number of hydrogen-bond acceptors (Lipinski definition) is 5. The topological polar surface area (TPSA) is 69.7 Å². The minimum absolute atomic E-state index is 1.14. The first-order chi connectivity index (χ1) is 3.81. The van der Waals surface area contributed by atoms with Crippen LogP contribution >= 0.6 is 0 Å². The minimum atomic E-state index is -1.60. The van der Waals surface area contributed by atoms with Crippen LogP contribution in [0.2, 0.25) is 0 Å². The molecule has 0 amide bonds. The Morgan fingerprint density at radius 1 is 1.12 bits per heavy atom. The van der Waals surface area contributed by atoms with Gasteiger partial charge in [0.05, 0.1) is 0 Å². The number of carbonyl (C=O) groups excluding carboxylic acids is 1. The van der Waals surface area contributed by atoms with Gasteiger partial charge in [-0.2, -0.15) is 0 Å². The third-order valence-electron chi connectivity index (χ3n) is 0.289. The lowest BCUT2D eigenvalue weighted by atomic mass is 11.5. The average molecular weight is 150 g/mol. The zero-order valence-corrected chi connectivity index (χ0v) is 6.01. The van der Waals surface area contributed by atoms with Crippen LogP contribution in [0.3, 0.4) is 0 Å². The first kappa shape index (κ1) is 7.30. The summed E-state index contributed by atoms with van der Waals surface area (Å²) in [6.07, 6.45) is -1.14. The fourth-order valence-electron chi connectivity index (χ4n) is 0.106. The molecule has 0 saturated heterocycles. The lowest BCUT2D eigenvalue weighted by Gasteiger charge is -1.88. The Hall–Kier alpha value is -0.696. The number of rotatable bonds is 2. The van der Waals surface area contributed by atoms with Gasteiger partial charge in [0, 0.05) is 0 Å². The zero-order valence-electron chi connectivity index (χ0n) is 3.70. The van der Waals surface area contributed by atoms with Crippen molar-refractivity contribution in [3.8, 4) is 0 Å². The number of hydrogen-bond donors (Lipinski definition) is 0. The van der Waals surface area contributed by atoms with Gasteiger partial charge in [0.25, 0.3) is 0 Å². The van der Waals surface area contributed by atoms with Crippen LogP contribution in [0.15, 0.2) is 0 Å². The van der Waals surface area contributed by atoms with Gasteiger partial charge >= 0.3 is 25.5 Å². The van der Waals surface area contributed by atoms with Gasteiger partial charge < -0.3 is 17.8 Å². The molecule has 0 aliphatic heterocycles. The van der Waals surface area contributed by atoms with Gasteiger partial charge in [-0.1, -0.05) is 0 Å². The maximum Gasteiger partial charge on any atom is 0.496 e. The van der Waals surface area contributed by atoms with E-state index in [1.54, 1.807) is 0 Å². The summed E-state index contributed by atoms with van der Waals surface area (Å²) in [4.78, 5) is 9.84. The molecule has 0 saturated carbocycles.